The molecule has 3 aromatic rings. The lowest BCUT2D eigenvalue weighted by molar-refractivity contribution is 0.220. The molecule has 29 heavy (non-hydrogen) atoms. The molecule has 1 aliphatic carbocycles. The second-order valence-corrected chi connectivity index (χ2v) is 8.49. The molecule has 3 heteroatoms. The molecule has 1 fully saturated rings. The number of hydrogen-bond acceptors (Lipinski definition) is 3. The quantitative estimate of drug-likeness (QED) is 0.466. The van der Waals surface area contributed by atoms with E-state index in [0.29, 0.717) is 17.6 Å². The molecule has 2 aromatic carbocycles. The van der Waals surface area contributed by atoms with Crippen molar-refractivity contribution in [2.75, 3.05) is 0 Å². The predicted molar refractivity (Wildman–Crippen MR) is 118 cm³/mol. The highest BCUT2D eigenvalue weighted by Gasteiger charge is 2.26. The van der Waals surface area contributed by atoms with Crippen LogP contribution in [0, 0.1) is 17.8 Å². The molecule has 1 aromatic heterocycles. The SMILES string of the molecule is CC(Cc1ccccc1)C(C)C1CCC(=Cc2nc(-c3ccccc3)no2)CC1. The lowest BCUT2D eigenvalue weighted by Gasteiger charge is -2.33. The van der Waals surface area contributed by atoms with Crippen molar-refractivity contribution in [3.05, 3.63) is 77.7 Å². The minimum Gasteiger partial charge on any atom is -0.334 e. The zero-order valence-corrected chi connectivity index (χ0v) is 17.4. The van der Waals surface area contributed by atoms with Gasteiger partial charge in [-0.15, -0.1) is 0 Å². The molecule has 0 amide bonds. The maximum Gasteiger partial charge on any atom is 0.250 e. The van der Waals surface area contributed by atoms with Crippen molar-refractivity contribution in [3.8, 4) is 11.4 Å². The Morgan fingerprint density at radius 2 is 1.62 bits per heavy atom. The van der Waals surface area contributed by atoms with Crippen molar-refractivity contribution in [2.45, 2.75) is 46.0 Å². The topological polar surface area (TPSA) is 38.9 Å². The van der Waals surface area contributed by atoms with Gasteiger partial charge in [-0.1, -0.05) is 85.2 Å². The van der Waals surface area contributed by atoms with E-state index in [4.69, 9.17) is 4.52 Å². The summed E-state index contributed by atoms with van der Waals surface area (Å²) in [4.78, 5) is 4.55. The van der Waals surface area contributed by atoms with Crippen LogP contribution in [-0.4, -0.2) is 10.1 Å². The normalized spacial score (nSPS) is 19.0. The van der Waals surface area contributed by atoms with E-state index >= 15 is 0 Å². The molecule has 1 heterocycles. The summed E-state index contributed by atoms with van der Waals surface area (Å²) in [5.74, 6) is 3.54. The Bertz CT molecular complexity index is 920. The van der Waals surface area contributed by atoms with Gasteiger partial charge in [0.15, 0.2) is 0 Å². The minimum absolute atomic E-state index is 0.628. The Kier molecular flexibility index (Phi) is 6.24. The molecule has 150 valence electrons. The van der Waals surface area contributed by atoms with Gasteiger partial charge in [0.1, 0.15) is 0 Å². The van der Waals surface area contributed by atoms with Crippen molar-refractivity contribution in [1.82, 2.24) is 10.1 Å². The zero-order chi connectivity index (χ0) is 20.1. The van der Waals surface area contributed by atoms with Crippen LogP contribution in [0.4, 0.5) is 0 Å². The molecule has 0 N–H and O–H groups in total. The fraction of sp³-hybridized carbons (Fsp3) is 0.385. The first kappa shape index (κ1) is 19.6. The Labute approximate surface area is 173 Å². The molecular formula is C26H30N2O. The van der Waals surface area contributed by atoms with Gasteiger partial charge in [0.2, 0.25) is 5.82 Å². The summed E-state index contributed by atoms with van der Waals surface area (Å²) in [6.45, 7) is 4.85. The van der Waals surface area contributed by atoms with E-state index in [1.54, 1.807) is 0 Å². The summed E-state index contributed by atoms with van der Waals surface area (Å²) < 4.78 is 5.46. The van der Waals surface area contributed by atoms with E-state index in [-0.39, 0.29) is 0 Å². The van der Waals surface area contributed by atoms with E-state index in [1.165, 1.54) is 30.4 Å². The molecule has 0 saturated heterocycles. The molecule has 3 nitrogen and oxygen atoms in total. The van der Waals surface area contributed by atoms with Crippen molar-refractivity contribution in [2.24, 2.45) is 17.8 Å². The van der Waals surface area contributed by atoms with Gasteiger partial charge in [0.25, 0.3) is 5.89 Å². The van der Waals surface area contributed by atoms with Crippen LogP contribution in [0.15, 0.2) is 70.8 Å². The number of benzene rings is 2. The van der Waals surface area contributed by atoms with Crippen LogP contribution in [0.3, 0.4) is 0 Å². The summed E-state index contributed by atoms with van der Waals surface area (Å²) >= 11 is 0. The summed E-state index contributed by atoms with van der Waals surface area (Å²) in [5.41, 5.74) is 3.88. The van der Waals surface area contributed by atoms with Gasteiger partial charge in [0.05, 0.1) is 0 Å². The first-order chi connectivity index (χ1) is 14.2. The third kappa shape index (κ3) is 5.03. The predicted octanol–water partition coefficient (Wildman–Crippen LogP) is 6.83. The zero-order valence-electron chi connectivity index (χ0n) is 17.4. The fourth-order valence-electron chi connectivity index (χ4n) is 4.49. The number of rotatable bonds is 6. The maximum atomic E-state index is 5.46. The highest BCUT2D eigenvalue weighted by atomic mass is 16.5. The van der Waals surface area contributed by atoms with Crippen molar-refractivity contribution in [3.63, 3.8) is 0 Å². The summed E-state index contributed by atoms with van der Waals surface area (Å²) in [7, 11) is 0. The Morgan fingerprint density at radius 1 is 0.966 bits per heavy atom. The summed E-state index contributed by atoms with van der Waals surface area (Å²) in [6, 6.07) is 20.9. The van der Waals surface area contributed by atoms with E-state index in [9.17, 15) is 0 Å². The van der Waals surface area contributed by atoms with E-state index in [2.05, 4.69) is 60.4 Å². The number of allylic oxidation sites excluding steroid dienone is 1. The number of nitrogens with zero attached hydrogens (tertiary/aromatic N) is 2. The molecule has 0 bridgehead atoms. The van der Waals surface area contributed by atoms with Gasteiger partial charge < -0.3 is 4.52 Å². The number of hydrogen-bond donors (Lipinski definition) is 0. The van der Waals surface area contributed by atoms with Crippen LogP contribution in [0.2, 0.25) is 0 Å². The molecule has 0 spiro atoms. The van der Waals surface area contributed by atoms with Crippen LogP contribution in [0.1, 0.15) is 51.0 Å². The van der Waals surface area contributed by atoms with E-state index in [1.807, 2.05) is 30.3 Å². The molecule has 4 rings (SSSR count). The molecule has 2 atom stereocenters. The third-order valence-corrected chi connectivity index (χ3v) is 6.52. The average molecular weight is 387 g/mol. The Hall–Kier alpha value is -2.68. The fourth-order valence-corrected chi connectivity index (χ4v) is 4.49. The second-order valence-electron chi connectivity index (χ2n) is 8.49. The average Bonchev–Trinajstić information content (AvgIpc) is 3.23. The van der Waals surface area contributed by atoms with Gasteiger partial charge in [-0.2, -0.15) is 4.98 Å². The highest BCUT2D eigenvalue weighted by Crippen LogP contribution is 2.37. The van der Waals surface area contributed by atoms with Gasteiger partial charge in [-0.05, 0) is 55.4 Å². The third-order valence-electron chi connectivity index (χ3n) is 6.52. The van der Waals surface area contributed by atoms with Gasteiger partial charge in [-0.25, -0.2) is 0 Å². The Morgan fingerprint density at radius 3 is 2.31 bits per heavy atom. The molecule has 2 unspecified atom stereocenters. The van der Waals surface area contributed by atoms with Crippen LogP contribution in [-0.2, 0) is 6.42 Å². The lowest BCUT2D eigenvalue weighted by Crippen LogP contribution is -2.23. The molecule has 0 aliphatic heterocycles. The van der Waals surface area contributed by atoms with Gasteiger partial charge in [-0.3, -0.25) is 0 Å². The highest BCUT2D eigenvalue weighted by molar-refractivity contribution is 5.55. The lowest BCUT2D eigenvalue weighted by atomic mass is 9.73. The molecule has 1 aliphatic rings. The van der Waals surface area contributed by atoms with Crippen LogP contribution >= 0.6 is 0 Å². The first-order valence-corrected chi connectivity index (χ1v) is 10.8. The smallest absolute Gasteiger partial charge is 0.250 e. The first-order valence-electron chi connectivity index (χ1n) is 10.8. The number of aromatic nitrogens is 2. The second kappa shape index (κ2) is 9.21. The minimum atomic E-state index is 0.628. The standard InChI is InChI=1S/C26H30N2O/c1-19(17-21-9-5-3-6-10-21)20(2)23-15-13-22(14-16-23)18-25-27-26(28-29-25)24-11-7-4-8-12-24/h3-12,18-20,23H,13-17H2,1-2H3. The van der Waals surface area contributed by atoms with Gasteiger partial charge >= 0.3 is 0 Å². The molecule has 0 radical (unpaired) electrons. The van der Waals surface area contributed by atoms with E-state index < -0.39 is 0 Å². The summed E-state index contributed by atoms with van der Waals surface area (Å²) in [5, 5.41) is 4.13. The van der Waals surface area contributed by atoms with E-state index in [0.717, 1.165) is 30.2 Å². The largest absolute Gasteiger partial charge is 0.334 e. The van der Waals surface area contributed by atoms with Gasteiger partial charge in [0, 0.05) is 11.6 Å². The Balaban J connectivity index is 1.32. The van der Waals surface area contributed by atoms with Crippen molar-refractivity contribution >= 4 is 6.08 Å². The maximum absolute atomic E-state index is 5.46. The van der Waals surface area contributed by atoms with Crippen LogP contribution < -0.4 is 0 Å². The molecule has 1 saturated carbocycles. The van der Waals surface area contributed by atoms with Crippen molar-refractivity contribution in [1.29, 1.82) is 0 Å². The summed E-state index contributed by atoms with van der Waals surface area (Å²) in [6.07, 6.45) is 8.06. The van der Waals surface area contributed by atoms with Crippen LogP contribution in [0.25, 0.3) is 17.5 Å². The van der Waals surface area contributed by atoms with Crippen molar-refractivity contribution < 1.29 is 4.52 Å². The molecular weight excluding hydrogens is 356 g/mol. The monoisotopic (exact) mass is 386 g/mol. The van der Waals surface area contributed by atoms with Crippen LogP contribution in [0.5, 0.6) is 0 Å².